The van der Waals surface area contributed by atoms with Crippen LogP contribution in [0.3, 0.4) is 0 Å². The Morgan fingerprint density at radius 2 is 1.96 bits per heavy atom. The summed E-state index contributed by atoms with van der Waals surface area (Å²) < 4.78 is 1.96. The molecule has 0 bridgehead atoms. The quantitative estimate of drug-likeness (QED) is 0.748. The smallest absolute Gasteiger partial charge is 0.0744 e. The van der Waals surface area contributed by atoms with Gasteiger partial charge in [-0.25, -0.2) is 0 Å². The average molecular weight is 368 g/mol. The standard InChI is InChI=1S/C21H25N3OS/c1-16-8-12-26-21(16)19-7-11-23(15-20(19)25)13-17-5-2-3-6-18(17)14-24-10-4-9-22-24/h2-6,8-10,12,19-20,25H,7,11,13-15H2,1H3/t19-,20-/m1/s1. The Hall–Kier alpha value is -1.95. The summed E-state index contributed by atoms with van der Waals surface area (Å²) in [7, 11) is 0. The molecule has 3 aromatic rings. The molecule has 2 aromatic heterocycles. The predicted octanol–water partition coefficient (Wildman–Crippen LogP) is 3.65. The van der Waals surface area contributed by atoms with Gasteiger partial charge >= 0.3 is 0 Å². The number of β-amino-alcohol motifs (C(OH)–C–C–N with tert-alkyl or cyclic N) is 1. The van der Waals surface area contributed by atoms with E-state index in [1.54, 1.807) is 11.3 Å². The zero-order chi connectivity index (χ0) is 17.9. The van der Waals surface area contributed by atoms with E-state index in [-0.39, 0.29) is 12.0 Å². The molecule has 0 unspecified atom stereocenters. The van der Waals surface area contributed by atoms with Crippen LogP contribution in [0.4, 0.5) is 0 Å². The largest absolute Gasteiger partial charge is 0.391 e. The fourth-order valence-electron chi connectivity index (χ4n) is 3.89. The second-order valence-electron chi connectivity index (χ2n) is 7.14. The van der Waals surface area contributed by atoms with Gasteiger partial charge in [0.05, 0.1) is 12.6 Å². The Labute approximate surface area is 158 Å². The van der Waals surface area contributed by atoms with Crippen molar-refractivity contribution in [2.45, 2.75) is 38.5 Å². The molecule has 1 saturated heterocycles. The van der Waals surface area contributed by atoms with Crippen LogP contribution in [0.25, 0.3) is 0 Å². The minimum Gasteiger partial charge on any atom is -0.391 e. The van der Waals surface area contributed by atoms with Crippen molar-refractivity contribution in [3.63, 3.8) is 0 Å². The number of benzene rings is 1. The zero-order valence-corrected chi connectivity index (χ0v) is 15.9. The minimum absolute atomic E-state index is 0.283. The lowest BCUT2D eigenvalue weighted by Gasteiger charge is -2.36. The van der Waals surface area contributed by atoms with Gasteiger partial charge < -0.3 is 5.11 Å². The lowest BCUT2D eigenvalue weighted by molar-refractivity contribution is 0.0484. The van der Waals surface area contributed by atoms with Gasteiger partial charge in [0, 0.05) is 36.3 Å². The SMILES string of the molecule is Cc1ccsc1[C@@H]1CCN(Cc2ccccc2Cn2cccn2)C[C@H]1O. The second-order valence-corrected chi connectivity index (χ2v) is 8.09. The Morgan fingerprint density at radius 3 is 2.62 bits per heavy atom. The molecule has 0 radical (unpaired) electrons. The van der Waals surface area contributed by atoms with Gasteiger partial charge in [-0.2, -0.15) is 5.10 Å². The van der Waals surface area contributed by atoms with Crippen LogP contribution >= 0.6 is 11.3 Å². The molecule has 5 heteroatoms. The maximum Gasteiger partial charge on any atom is 0.0744 e. The molecule has 4 rings (SSSR count). The first-order valence-electron chi connectivity index (χ1n) is 9.19. The highest BCUT2D eigenvalue weighted by Crippen LogP contribution is 2.34. The molecule has 0 amide bonds. The number of aryl methyl sites for hydroxylation is 1. The average Bonchev–Trinajstić information content (AvgIpc) is 3.29. The van der Waals surface area contributed by atoms with Crippen LogP contribution in [-0.2, 0) is 13.1 Å². The Bertz CT molecular complexity index is 843. The second kappa shape index (κ2) is 7.74. The van der Waals surface area contributed by atoms with Gasteiger partial charge in [0.25, 0.3) is 0 Å². The first kappa shape index (κ1) is 17.5. The highest BCUT2D eigenvalue weighted by atomic mass is 32.1. The zero-order valence-electron chi connectivity index (χ0n) is 15.1. The topological polar surface area (TPSA) is 41.3 Å². The molecule has 3 heterocycles. The van der Waals surface area contributed by atoms with E-state index in [4.69, 9.17) is 0 Å². The molecule has 1 aromatic carbocycles. The van der Waals surface area contributed by atoms with Crippen LogP contribution in [-0.4, -0.2) is 39.0 Å². The molecule has 1 N–H and O–H groups in total. The first-order chi connectivity index (χ1) is 12.7. The molecule has 0 spiro atoms. The van der Waals surface area contributed by atoms with E-state index < -0.39 is 0 Å². The number of nitrogens with zero attached hydrogens (tertiary/aromatic N) is 3. The van der Waals surface area contributed by atoms with Crippen molar-refractivity contribution < 1.29 is 5.11 Å². The minimum atomic E-state index is -0.292. The monoisotopic (exact) mass is 367 g/mol. The van der Waals surface area contributed by atoms with Crippen molar-refractivity contribution >= 4 is 11.3 Å². The number of thiophene rings is 1. The lowest BCUT2D eigenvalue weighted by atomic mass is 9.90. The summed E-state index contributed by atoms with van der Waals surface area (Å²) in [6.07, 6.45) is 4.54. The number of likely N-dealkylation sites (tertiary alicyclic amines) is 1. The van der Waals surface area contributed by atoms with Gasteiger partial charge in [0.15, 0.2) is 0 Å². The summed E-state index contributed by atoms with van der Waals surface area (Å²) in [5, 5.41) is 17.2. The van der Waals surface area contributed by atoms with Gasteiger partial charge in [-0.05, 0) is 54.1 Å². The summed E-state index contributed by atoms with van der Waals surface area (Å²) >= 11 is 1.78. The molecule has 0 aliphatic carbocycles. The van der Waals surface area contributed by atoms with Crippen molar-refractivity contribution in [1.29, 1.82) is 0 Å². The van der Waals surface area contributed by atoms with Crippen molar-refractivity contribution in [2.24, 2.45) is 0 Å². The van der Waals surface area contributed by atoms with E-state index in [2.05, 4.69) is 52.6 Å². The van der Waals surface area contributed by atoms with Gasteiger partial charge in [-0.1, -0.05) is 24.3 Å². The van der Waals surface area contributed by atoms with Gasteiger partial charge in [-0.15, -0.1) is 11.3 Å². The molecule has 1 aliphatic heterocycles. The van der Waals surface area contributed by atoms with Gasteiger partial charge in [0.1, 0.15) is 0 Å². The number of aromatic nitrogens is 2. The van der Waals surface area contributed by atoms with Crippen molar-refractivity contribution in [1.82, 2.24) is 14.7 Å². The van der Waals surface area contributed by atoms with E-state index in [1.165, 1.54) is 21.6 Å². The molecule has 2 atom stereocenters. The Kier molecular flexibility index (Phi) is 5.20. The van der Waals surface area contributed by atoms with Crippen LogP contribution in [0.2, 0.25) is 0 Å². The van der Waals surface area contributed by atoms with Crippen LogP contribution in [0.15, 0.2) is 54.2 Å². The summed E-state index contributed by atoms with van der Waals surface area (Å²) in [6, 6.07) is 12.7. The third kappa shape index (κ3) is 3.75. The van der Waals surface area contributed by atoms with Crippen molar-refractivity contribution in [2.75, 3.05) is 13.1 Å². The summed E-state index contributed by atoms with van der Waals surface area (Å²) in [6.45, 7) is 5.57. The highest BCUT2D eigenvalue weighted by Gasteiger charge is 2.30. The molecule has 1 fully saturated rings. The third-order valence-corrected chi connectivity index (χ3v) is 6.46. The first-order valence-corrected chi connectivity index (χ1v) is 10.1. The molecule has 136 valence electrons. The van der Waals surface area contributed by atoms with Gasteiger partial charge in [-0.3, -0.25) is 9.58 Å². The van der Waals surface area contributed by atoms with E-state index >= 15 is 0 Å². The van der Waals surface area contributed by atoms with Crippen molar-refractivity contribution in [3.8, 4) is 0 Å². The molecule has 1 aliphatic rings. The van der Waals surface area contributed by atoms with Crippen LogP contribution in [0, 0.1) is 6.92 Å². The molecule has 0 saturated carbocycles. The summed E-state index contributed by atoms with van der Waals surface area (Å²) in [5.41, 5.74) is 3.93. The number of aliphatic hydroxyl groups is 1. The number of aliphatic hydroxyl groups excluding tert-OH is 1. The summed E-state index contributed by atoms with van der Waals surface area (Å²) in [5.74, 6) is 0.283. The predicted molar refractivity (Wildman–Crippen MR) is 105 cm³/mol. The number of piperidine rings is 1. The number of hydrogen-bond acceptors (Lipinski definition) is 4. The maximum atomic E-state index is 10.7. The molecule has 26 heavy (non-hydrogen) atoms. The highest BCUT2D eigenvalue weighted by molar-refractivity contribution is 7.10. The normalized spacial score (nSPS) is 21.2. The van der Waals surface area contributed by atoms with Crippen LogP contribution in [0.1, 0.15) is 33.9 Å². The number of hydrogen-bond donors (Lipinski definition) is 1. The summed E-state index contributed by atoms with van der Waals surface area (Å²) in [4.78, 5) is 3.74. The Balaban J connectivity index is 1.44. The molecular weight excluding hydrogens is 342 g/mol. The molecule has 4 nitrogen and oxygen atoms in total. The van der Waals surface area contributed by atoms with Crippen LogP contribution < -0.4 is 0 Å². The Morgan fingerprint density at radius 1 is 1.15 bits per heavy atom. The van der Waals surface area contributed by atoms with E-state index in [0.29, 0.717) is 0 Å². The van der Waals surface area contributed by atoms with Crippen LogP contribution in [0.5, 0.6) is 0 Å². The maximum absolute atomic E-state index is 10.7. The van der Waals surface area contributed by atoms with E-state index in [9.17, 15) is 5.11 Å². The van der Waals surface area contributed by atoms with Crippen molar-refractivity contribution in [3.05, 3.63) is 75.7 Å². The van der Waals surface area contributed by atoms with Gasteiger partial charge in [0.2, 0.25) is 0 Å². The number of rotatable bonds is 5. The fourth-order valence-corrected chi connectivity index (χ4v) is 5.01. The third-order valence-electron chi connectivity index (χ3n) is 5.31. The van der Waals surface area contributed by atoms with E-state index in [0.717, 1.165) is 32.6 Å². The molecular formula is C21H25N3OS. The van der Waals surface area contributed by atoms with E-state index in [1.807, 2.05) is 23.1 Å². The fraction of sp³-hybridized carbons (Fsp3) is 0.381. The lowest BCUT2D eigenvalue weighted by Crippen LogP contribution is -2.42.